The predicted octanol–water partition coefficient (Wildman–Crippen LogP) is 1.35. The molecule has 0 amide bonds. The van der Waals surface area contributed by atoms with Crippen molar-refractivity contribution in [3.8, 4) is 0 Å². The number of aromatic nitrogens is 4. The van der Waals surface area contributed by atoms with Gasteiger partial charge in [-0.3, -0.25) is 0 Å². The third kappa shape index (κ3) is 2.65. The van der Waals surface area contributed by atoms with Crippen LogP contribution in [0.15, 0.2) is 12.4 Å². The van der Waals surface area contributed by atoms with Crippen molar-refractivity contribution in [2.24, 2.45) is 0 Å². The molecule has 0 aromatic carbocycles. The molecule has 6 nitrogen and oxygen atoms in total. The number of anilines is 1. The summed E-state index contributed by atoms with van der Waals surface area (Å²) in [6.07, 6.45) is 3.00. The minimum absolute atomic E-state index is 0.144. The minimum atomic E-state index is 0.144. The topological polar surface area (TPSA) is 75.3 Å². The lowest BCUT2D eigenvalue weighted by Crippen LogP contribution is -2.21. The molecular formula is C10H14ClN5O. The Morgan fingerprint density at radius 1 is 1.59 bits per heavy atom. The Bertz CT molecular complexity index is 500. The SMILES string of the molecule is CCC(CCO)Nc1cc(Cl)nc2ncnn12. The van der Waals surface area contributed by atoms with Crippen molar-refractivity contribution >= 4 is 23.2 Å². The van der Waals surface area contributed by atoms with E-state index in [0.717, 1.165) is 12.2 Å². The molecule has 2 N–H and O–H groups in total. The first-order chi connectivity index (χ1) is 8.24. The Hall–Kier alpha value is -1.40. The van der Waals surface area contributed by atoms with Crippen LogP contribution in [0.25, 0.3) is 5.78 Å². The van der Waals surface area contributed by atoms with Crippen LogP contribution in [0.2, 0.25) is 5.15 Å². The van der Waals surface area contributed by atoms with Crippen LogP contribution in [0.5, 0.6) is 0 Å². The molecule has 2 aromatic heterocycles. The van der Waals surface area contributed by atoms with Crippen molar-refractivity contribution in [3.63, 3.8) is 0 Å². The van der Waals surface area contributed by atoms with Gasteiger partial charge in [0.05, 0.1) is 0 Å². The number of fused-ring (bicyclic) bond motifs is 1. The molecule has 2 aromatic rings. The number of halogens is 1. The van der Waals surface area contributed by atoms with E-state index >= 15 is 0 Å². The third-order valence-electron chi connectivity index (χ3n) is 2.54. The van der Waals surface area contributed by atoms with Gasteiger partial charge >= 0.3 is 0 Å². The summed E-state index contributed by atoms with van der Waals surface area (Å²) in [5.41, 5.74) is 0. The molecular weight excluding hydrogens is 242 g/mol. The first-order valence-electron chi connectivity index (χ1n) is 5.48. The number of aliphatic hydroxyl groups excluding tert-OH is 1. The standard InChI is InChI=1S/C10H14ClN5O/c1-2-7(3-4-17)14-9-5-8(11)15-10-12-6-13-16(9)10/h5-7,14,17H,2-4H2,1H3. The van der Waals surface area contributed by atoms with E-state index in [9.17, 15) is 0 Å². The van der Waals surface area contributed by atoms with Crippen molar-refractivity contribution in [3.05, 3.63) is 17.5 Å². The fraction of sp³-hybridized carbons (Fsp3) is 0.500. The van der Waals surface area contributed by atoms with E-state index in [0.29, 0.717) is 17.4 Å². The maximum absolute atomic E-state index is 8.96. The van der Waals surface area contributed by atoms with E-state index < -0.39 is 0 Å². The molecule has 7 heteroatoms. The van der Waals surface area contributed by atoms with E-state index in [1.807, 2.05) is 0 Å². The zero-order chi connectivity index (χ0) is 12.3. The molecule has 0 aliphatic rings. The Labute approximate surface area is 104 Å². The van der Waals surface area contributed by atoms with E-state index in [2.05, 4.69) is 27.3 Å². The number of aliphatic hydroxyl groups is 1. The summed E-state index contributed by atoms with van der Waals surface area (Å²) in [5.74, 6) is 1.19. The van der Waals surface area contributed by atoms with Gasteiger partial charge in [-0.1, -0.05) is 18.5 Å². The average molecular weight is 256 g/mol. The highest BCUT2D eigenvalue weighted by Crippen LogP contribution is 2.16. The summed E-state index contributed by atoms with van der Waals surface area (Å²) in [6, 6.07) is 1.87. The molecule has 0 spiro atoms. The zero-order valence-electron chi connectivity index (χ0n) is 9.47. The van der Waals surface area contributed by atoms with Crippen molar-refractivity contribution in [2.75, 3.05) is 11.9 Å². The van der Waals surface area contributed by atoms with Gasteiger partial charge in [-0.05, 0) is 12.8 Å². The molecule has 1 unspecified atom stereocenters. The van der Waals surface area contributed by atoms with Crippen molar-refractivity contribution in [2.45, 2.75) is 25.8 Å². The van der Waals surface area contributed by atoms with Crippen LogP contribution in [0.3, 0.4) is 0 Å². The molecule has 0 bridgehead atoms. The van der Waals surface area contributed by atoms with Gasteiger partial charge in [0.15, 0.2) is 0 Å². The van der Waals surface area contributed by atoms with Gasteiger partial charge in [-0.25, -0.2) is 0 Å². The maximum Gasteiger partial charge on any atom is 0.255 e. The number of nitrogens with zero attached hydrogens (tertiary/aromatic N) is 4. The second-order valence-electron chi connectivity index (χ2n) is 3.70. The van der Waals surface area contributed by atoms with Crippen LogP contribution in [-0.4, -0.2) is 37.3 Å². The second-order valence-corrected chi connectivity index (χ2v) is 4.08. The lowest BCUT2D eigenvalue weighted by molar-refractivity contribution is 0.278. The normalized spacial score (nSPS) is 12.9. The lowest BCUT2D eigenvalue weighted by atomic mass is 10.1. The summed E-state index contributed by atoms with van der Waals surface area (Å²) in [4.78, 5) is 8.03. The van der Waals surface area contributed by atoms with Crippen LogP contribution >= 0.6 is 11.6 Å². The van der Waals surface area contributed by atoms with Crippen LogP contribution in [0.4, 0.5) is 5.82 Å². The van der Waals surface area contributed by atoms with Crippen molar-refractivity contribution in [1.29, 1.82) is 0 Å². The Balaban J connectivity index is 2.30. The van der Waals surface area contributed by atoms with E-state index in [1.165, 1.54) is 6.33 Å². The number of nitrogens with one attached hydrogen (secondary N) is 1. The van der Waals surface area contributed by atoms with Crippen molar-refractivity contribution in [1.82, 2.24) is 19.6 Å². The smallest absolute Gasteiger partial charge is 0.255 e. The van der Waals surface area contributed by atoms with Gasteiger partial charge in [0, 0.05) is 18.7 Å². The quantitative estimate of drug-likeness (QED) is 0.789. The molecule has 1 atom stereocenters. The molecule has 17 heavy (non-hydrogen) atoms. The summed E-state index contributed by atoms with van der Waals surface area (Å²) in [6.45, 7) is 2.19. The number of hydrogen-bond acceptors (Lipinski definition) is 5. The first-order valence-corrected chi connectivity index (χ1v) is 5.86. The van der Waals surface area contributed by atoms with Gasteiger partial charge in [0.2, 0.25) is 0 Å². The predicted molar refractivity (Wildman–Crippen MR) is 65.2 cm³/mol. The molecule has 0 fully saturated rings. The van der Waals surface area contributed by atoms with Crippen LogP contribution in [-0.2, 0) is 0 Å². The summed E-state index contributed by atoms with van der Waals surface area (Å²) in [5, 5.41) is 16.7. The number of hydrogen-bond donors (Lipinski definition) is 2. The maximum atomic E-state index is 8.96. The zero-order valence-corrected chi connectivity index (χ0v) is 10.2. The molecule has 2 heterocycles. The fourth-order valence-corrected chi connectivity index (χ4v) is 1.81. The van der Waals surface area contributed by atoms with E-state index in [1.54, 1.807) is 10.6 Å². The molecule has 0 radical (unpaired) electrons. The van der Waals surface area contributed by atoms with Crippen LogP contribution in [0, 0.1) is 0 Å². The van der Waals surface area contributed by atoms with Crippen LogP contribution in [0.1, 0.15) is 19.8 Å². The average Bonchev–Trinajstić information content (AvgIpc) is 2.76. The van der Waals surface area contributed by atoms with Gasteiger partial charge in [0.1, 0.15) is 17.3 Å². The highest BCUT2D eigenvalue weighted by Gasteiger charge is 2.10. The van der Waals surface area contributed by atoms with Gasteiger partial charge in [-0.2, -0.15) is 19.6 Å². The highest BCUT2D eigenvalue weighted by atomic mass is 35.5. The highest BCUT2D eigenvalue weighted by molar-refractivity contribution is 6.29. The third-order valence-corrected chi connectivity index (χ3v) is 2.74. The van der Waals surface area contributed by atoms with E-state index in [-0.39, 0.29) is 12.6 Å². The fourth-order valence-electron chi connectivity index (χ4n) is 1.63. The summed E-state index contributed by atoms with van der Waals surface area (Å²) < 4.78 is 1.59. The molecule has 0 saturated carbocycles. The van der Waals surface area contributed by atoms with Gasteiger partial charge in [0.25, 0.3) is 5.78 Å². The van der Waals surface area contributed by atoms with Gasteiger partial charge in [-0.15, -0.1) is 0 Å². The monoisotopic (exact) mass is 255 g/mol. The Morgan fingerprint density at radius 3 is 3.12 bits per heavy atom. The molecule has 92 valence electrons. The van der Waals surface area contributed by atoms with Crippen molar-refractivity contribution < 1.29 is 5.11 Å². The minimum Gasteiger partial charge on any atom is -0.396 e. The Kier molecular flexibility index (Phi) is 3.75. The first kappa shape index (κ1) is 12.1. The molecule has 0 saturated heterocycles. The molecule has 0 aliphatic carbocycles. The lowest BCUT2D eigenvalue weighted by Gasteiger charge is -2.17. The largest absolute Gasteiger partial charge is 0.396 e. The second kappa shape index (κ2) is 5.29. The summed E-state index contributed by atoms with van der Waals surface area (Å²) >= 11 is 5.90. The molecule has 0 aliphatic heterocycles. The van der Waals surface area contributed by atoms with E-state index in [4.69, 9.17) is 16.7 Å². The molecule has 2 rings (SSSR count). The van der Waals surface area contributed by atoms with Crippen LogP contribution < -0.4 is 5.32 Å². The Morgan fingerprint density at radius 2 is 2.41 bits per heavy atom. The number of rotatable bonds is 5. The summed E-state index contributed by atoms with van der Waals surface area (Å²) in [7, 11) is 0. The van der Waals surface area contributed by atoms with Gasteiger partial charge < -0.3 is 10.4 Å².